The van der Waals surface area contributed by atoms with E-state index >= 15 is 0 Å². The van der Waals surface area contributed by atoms with E-state index in [1.165, 1.54) is 12.8 Å². The molecule has 2 unspecified atom stereocenters. The monoisotopic (exact) mass is 225 g/mol. The molecule has 1 heterocycles. The average Bonchev–Trinajstić information content (AvgIpc) is 2.66. The maximum Gasteiger partial charge on any atom is 0.0977 e. The van der Waals surface area contributed by atoms with Gasteiger partial charge in [-0.25, -0.2) is 0 Å². The third-order valence-electron chi connectivity index (χ3n) is 2.67. The van der Waals surface area contributed by atoms with Gasteiger partial charge in [-0.05, 0) is 12.3 Å². The number of rotatable bonds is 7. The highest BCUT2D eigenvalue weighted by Gasteiger charge is 2.13. The van der Waals surface area contributed by atoms with Crippen molar-refractivity contribution < 1.29 is 4.74 Å². The molecule has 0 aliphatic rings. The lowest BCUT2D eigenvalue weighted by Crippen LogP contribution is -2.18. The molecule has 0 aliphatic heterocycles. The fraction of sp³-hybridized carbons (Fsp3) is 0.750. The second-order valence-corrected chi connectivity index (χ2v) is 4.40. The molecule has 0 spiro atoms. The van der Waals surface area contributed by atoms with Gasteiger partial charge in [0.2, 0.25) is 0 Å². The average molecular weight is 225 g/mol. The fourth-order valence-corrected chi connectivity index (χ4v) is 1.76. The van der Waals surface area contributed by atoms with Crippen LogP contribution in [0.1, 0.15) is 38.4 Å². The van der Waals surface area contributed by atoms with E-state index in [4.69, 9.17) is 10.5 Å². The van der Waals surface area contributed by atoms with Crippen molar-refractivity contribution in [3.8, 4) is 0 Å². The van der Waals surface area contributed by atoms with Crippen LogP contribution in [0.15, 0.2) is 12.4 Å². The zero-order valence-corrected chi connectivity index (χ0v) is 10.5. The van der Waals surface area contributed by atoms with Crippen LogP contribution in [0.4, 0.5) is 0 Å². The third-order valence-corrected chi connectivity index (χ3v) is 2.67. The van der Waals surface area contributed by atoms with Crippen LogP contribution >= 0.6 is 0 Å². The summed E-state index contributed by atoms with van der Waals surface area (Å²) < 4.78 is 7.60. The van der Waals surface area contributed by atoms with Gasteiger partial charge in [-0.1, -0.05) is 20.3 Å². The minimum Gasteiger partial charge on any atom is -0.372 e. The van der Waals surface area contributed by atoms with Crippen LogP contribution in [-0.4, -0.2) is 22.9 Å². The van der Waals surface area contributed by atoms with E-state index in [2.05, 4.69) is 18.9 Å². The second-order valence-electron chi connectivity index (χ2n) is 4.40. The van der Waals surface area contributed by atoms with Crippen molar-refractivity contribution >= 4 is 0 Å². The molecule has 2 atom stereocenters. The zero-order chi connectivity index (χ0) is 12.0. The molecule has 0 bridgehead atoms. The standard InChI is InChI=1S/C12H23N3O/c1-4-5-10(2)9-16-12(6-13)11-7-14-15(3)8-11/h7-8,10,12H,4-6,9,13H2,1-3H3. The molecule has 4 nitrogen and oxygen atoms in total. The Labute approximate surface area is 97.8 Å². The molecule has 0 aromatic carbocycles. The Morgan fingerprint density at radius 1 is 1.56 bits per heavy atom. The molecule has 1 aromatic rings. The van der Waals surface area contributed by atoms with Gasteiger partial charge in [-0.2, -0.15) is 5.10 Å². The second kappa shape index (κ2) is 6.66. The molecule has 4 heteroatoms. The summed E-state index contributed by atoms with van der Waals surface area (Å²) in [4.78, 5) is 0. The van der Waals surface area contributed by atoms with Crippen molar-refractivity contribution in [2.45, 2.75) is 32.8 Å². The Hall–Kier alpha value is -0.870. The number of aromatic nitrogens is 2. The van der Waals surface area contributed by atoms with E-state index in [0.29, 0.717) is 12.5 Å². The predicted molar refractivity (Wildman–Crippen MR) is 65.0 cm³/mol. The number of nitrogens with zero attached hydrogens (tertiary/aromatic N) is 2. The van der Waals surface area contributed by atoms with E-state index in [1.807, 2.05) is 19.4 Å². The molecule has 0 radical (unpaired) electrons. The van der Waals surface area contributed by atoms with Gasteiger partial charge in [-0.3, -0.25) is 4.68 Å². The first-order chi connectivity index (χ1) is 7.67. The van der Waals surface area contributed by atoms with E-state index in [9.17, 15) is 0 Å². The Morgan fingerprint density at radius 3 is 2.81 bits per heavy atom. The molecular formula is C12H23N3O. The molecule has 1 rings (SSSR count). The van der Waals surface area contributed by atoms with Crippen molar-refractivity contribution in [1.82, 2.24) is 9.78 Å². The van der Waals surface area contributed by atoms with Crippen LogP contribution in [0.3, 0.4) is 0 Å². The Kier molecular flexibility index (Phi) is 5.49. The first-order valence-electron chi connectivity index (χ1n) is 5.97. The lowest BCUT2D eigenvalue weighted by Gasteiger charge is -2.17. The number of aryl methyl sites for hydroxylation is 1. The van der Waals surface area contributed by atoms with Crippen molar-refractivity contribution in [3.05, 3.63) is 18.0 Å². The molecule has 92 valence electrons. The smallest absolute Gasteiger partial charge is 0.0977 e. The zero-order valence-electron chi connectivity index (χ0n) is 10.5. The van der Waals surface area contributed by atoms with Gasteiger partial charge in [-0.15, -0.1) is 0 Å². The Morgan fingerprint density at radius 2 is 2.31 bits per heavy atom. The van der Waals surface area contributed by atoms with Crippen LogP contribution in [0, 0.1) is 5.92 Å². The maximum atomic E-state index is 5.83. The third kappa shape index (κ3) is 3.94. The topological polar surface area (TPSA) is 53.1 Å². The first-order valence-corrected chi connectivity index (χ1v) is 5.97. The molecule has 1 aromatic heterocycles. The highest BCUT2D eigenvalue weighted by molar-refractivity contribution is 5.08. The van der Waals surface area contributed by atoms with Crippen LogP contribution in [-0.2, 0) is 11.8 Å². The molecule has 0 saturated carbocycles. The van der Waals surface area contributed by atoms with E-state index in [0.717, 1.165) is 12.2 Å². The predicted octanol–water partition coefficient (Wildman–Crippen LogP) is 1.87. The summed E-state index contributed by atoms with van der Waals surface area (Å²) in [6.07, 6.45) is 6.16. The summed E-state index contributed by atoms with van der Waals surface area (Å²) in [6.45, 7) is 5.67. The summed E-state index contributed by atoms with van der Waals surface area (Å²) in [5.74, 6) is 0.593. The summed E-state index contributed by atoms with van der Waals surface area (Å²) in [6, 6.07) is 0. The van der Waals surface area contributed by atoms with Crippen molar-refractivity contribution in [3.63, 3.8) is 0 Å². The molecule has 0 saturated heterocycles. The largest absolute Gasteiger partial charge is 0.372 e. The van der Waals surface area contributed by atoms with Gasteiger partial charge in [0.25, 0.3) is 0 Å². The van der Waals surface area contributed by atoms with Crippen molar-refractivity contribution in [2.75, 3.05) is 13.2 Å². The first kappa shape index (κ1) is 13.2. The van der Waals surface area contributed by atoms with Crippen LogP contribution in [0.2, 0.25) is 0 Å². The normalized spacial score (nSPS) is 15.0. The minimum absolute atomic E-state index is 0.0204. The molecule has 0 fully saturated rings. The molecular weight excluding hydrogens is 202 g/mol. The number of ether oxygens (including phenoxy) is 1. The number of hydrogen-bond donors (Lipinski definition) is 1. The van der Waals surface area contributed by atoms with Gasteiger partial charge in [0, 0.05) is 25.4 Å². The van der Waals surface area contributed by atoms with Gasteiger partial charge in [0.1, 0.15) is 0 Å². The Balaban J connectivity index is 2.43. The lowest BCUT2D eigenvalue weighted by molar-refractivity contribution is 0.0351. The fourth-order valence-electron chi connectivity index (χ4n) is 1.76. The van der Waals surface area contributed by atoms with Gasteiger partial charge < -0.3 is 10.5 Å². The summed E-state index contributed by atoms with van der Waals surface area (Å²) in [7, 11) is 1.90. The van der Waals surface area contributed by atoms with Crippen LogP contribution in [0.5, 0.6) is 0 Å². The van der Waals surface area contributed by atoms with Gasteiger partial charge in [0.05, 0.1) is 18.9 Å². The minimum atomic E-state index is -0.0204. The summed E-state index contributed by atoms with van der Waals surface area (Å²) >= 11 is 0. The SMILES string of the molecule is CCCC(C)COC(CN)c1cnn(C)c1. The number of hydrogen-bond acceptors (Lipinski definition) is 3. The van der Waals surface area contributed by atoms with Gasteiger partial charge in [0.15, 0.2) is 0 Å². The molecule has 16 heavy (non-hydrogen) atoms. The van der Waals surface area contributed by atoms with Crippen LogP contribution < -0.4 is 5.73 Å². The van der Waals surface area contributed by atoms with Gasteiger partial charge >= 0.3 is 0 Å². The Bertz CT molecular complexity index is 298. The van der Waals surface area contributed by atoms with Crippen molar-refractivity contribution in [1.29, 1.82) is 0 Å². The molecule has 0 amide bonds. The molecule has 0 aliphatic carbocycles. The highest BCUT2D eigenvalue weighted by atomic mass is 16.5. The number of nitrogens with two attached hydrogens (primary N) is 1. The van der Waals surface area contributed by atoms with Crippen molar-refractivity contribution in [2.24, 2.45) is 18.7 Å². The maximum absolute atomic E-state index is 5.83. The molecule has 2 N–H and O–H groups in total. The van der Waals surface area contributed by atoms with E-state index in [-0.39, 0.29) is 6.10 Å². The summed E-state index contributed by atoms with van der Waals surface area (Å²) in [5.41, 5.74) is 6.78. The quantitative estimate of drug-likeness (QED) is 0.770. The van der Waals surface area contributed by atoms with Crippen LogP contribution in [0.25, 0.3) is 0 Å². The van der Waals surface area contributed by atoms with E-state index in [1.54, 1.807) is 4.68 Å². The lowest BCUT2D eigenvalue weighted by atomic mass is 10.1. The highest BCUT2D eigenvalue weighted by Crippen LogP contribution is 2.17. The summed E-state index contributed by atoms with van der Waals surface area (Å²) in [5, 5.41) is 4.13. The van der Waals surface area contributed by atoms with E-state index < -0.39 is 0 Å².